The molecule has 1 rings (SSSR count). The molecule has 16 heavy (non-hydrogen) atoms. The van der Waals surface area contributed by atoms with Crippen LogP contribution >= 0.6 is 0 Å². The lowest BCUT2D eigenvalue weighted by Crippen LogP contribution is -2.10. The van der Waals surface area contributed by atoms with Crippen molar-refractivity contribution in [2.24, 2.45) is 29.1 Å². The van der Waals surface area contributed by atoms with Gasteiger partial charge in [-0.1, -0.05) is 52.7 Å². The third-order valence-electron chi connectivity index (χ3n) is 3.98. The van der Waals surface area contributed by atoms with E-state index in [0.29, 0.717) is 5.41 Å². The molecule has 1 saturated carbocycles. The molecule has 0 heterocycles. The highest BCUT2D eigenvalue weighted by Crippen LogP contribution is 2.57. The minimum absolute atomic E-state index is 0.427. The molecule has 0 nitrogen and oxygen atoms in total. The molecule has 3 atom stereocenters. The zero-order chi connectivity index (χ0) is 12.7. The van der Waals surface area contributed by atoms with Crippen molar-refractivity contribution in [2.75, 3.05) is 0 Å². The molecular weight excluding hydrogens is 192 g/mol. The van der Waals surface area contributed by atoms with Crippen LogP contribution in [0.25, 0.3) is 0 Å². The van der Waals surface area contributed by atoms with Crippen LogP contribution in [-0.2, 0) is 0 Å². The van der Waals surface area contributed by atoms with Crippen LogP contribution in [0.1, 0.15) is 61.8 Å². The van der Waals surface area contributed by atoms with Crippen molar-refractivity contribution in [1.29, 1.82) is 0 Å². The molecule has 0 aromatic heterocycles. The normalized spacial score (nSPS) is 29.4. The summed E-state index contributed by atoms with van der Waals surface area (Å²) in [6.45, 7) is 18.8. The van der Waals surface area contributed by atoms with Gasteiger partial charge in [0.25, 0.3) is 0 Å². The SMILES string of the molecule is CC(C)=C(CC(C)(C)C)C1C(C)C1C(C)C. The summed E-state index contributed by atoms with van der Waals surface area (Å²) in [6, 6.07) is 0. The van der Waals surface area contributed by atoms with Gasteiger partial charge in [-0.05, 0) is 49.4 Å². The maximum atomic E-state index is 2.43. The van der Waals surface area contributed by atoms with Crippen molar-refractivity contribution in [3.05, 3.63) is 11.1 Å². The van der Waals surface area contributed by atoms with Gasteiger partial charge in [-0.2, -0.15) is 0 Å². The molecule has 3 unspecified atom stereocenters. The Morgan fingerprint density at radius 2 is 1.62 bits per heavy atom. The monoisotopic (exact) mass is 222 g/mol. The molecule has 0 saturated heterocycles. The van der Waals surface area contributed by atoms with E-state index in [1.165, 1.54) is 6.42 Å². The quantitative estimate of drug-likeness (QED) is 0.569. The van der Waals surface area contributed by atoms with E-state index in [0.717, 1.165) is 23.7 Å². The van der Waals surface area contributed by atoms with Crippen LogP contribution in [0.4, 0.5) is 0 Å². The van der Waals surface area contributed by atoms with Gasteiger partial charge in [0, 0.05) is 0 Å². The van der Waals surface area contributed by atoms with Gasteiger partial charge in [0.15, 0.2) is 0 Å². The van der Waals surface area contributed by atoms with Gasteiger partial charge in [-0.3, -0.25) is 0 Å². The lowest BCUT2D eigenvalue weighted by molar-refractivity contribution is 0.393. The zero-order valence-corrected chi connectivity index (χ0v) is 12.5. The van der Waals surface area contributed by atoms with Crippen LogP contribution in [0.2, 0.25) is 0 Å². The highest BCUT2D eigenvalue weighted by atomic mass is 14.5. The molecular formula is C16H30. The first kappa shape index (κ1) is 13.8. The lowest BCUT2D eigenvalue weighted by Gasteiger charge is -2.22. The second kappa shape index (κ2) is 4.55. The highest BCUT2D eigenvalue weighted by Gasteiger charge is 2.50. The maximum absolute atomic E-state index is 2.43. The van der Waals surface area contributed by atoms with E-state index >= 15 is 0 Å². The summed E-state index contributed by atoms with van der Waals surface area (Å²) in [5.41, 5.74) is 3.74. The Morgan fingerprint density at radius 3 is 1.88 bits per heavy atom. The third-order valence-corrected chi connectivity index (χ3v) is 3.98. The van der Waals surface area contributed by atoms with Crippen LogP contribution in [0.5, 0.6) is 0 Å². The van der Waals surface area contributed by atoms with Crippen molar-refractivity contribution in [3.8, 4) is 0 Å². The van der Waals surface area contributed by atoms with E-state index in [4.69, 9.17) is 0 Å². The summed E-state index contributed by atoms with van der Waals surface area (Å²) >= 11 is 0. The Morgan fingerprint density at radius 1 is 1.12 bits per heavy atom. The number of rotatable bonds is 3. The molecule has 0 N–H and O–H groups in total. The Labute approximate surface area is 103 Å². The zero-order valence-electron chi connectivity index (χ0n) is 12.5. The second-order valence-corrected chi connectivity index (χ2v) is 7.47. The minimum atomic E-state index is 0.427. The Kier molecular flexibility index (Phi) is 3.92. The summed E-state index contributed by atoms with van der Waals surface area (Å²) in [5, 5.41) is 0. The Balaban J connectivity index is 2.80. The molecule has 0 amide bonds. The van der Waals surface area contributed by atoms with E-state index in [1.54, 1.807) is 11.1 Å². The fraction of sp³-hybridized carbons (Fsp3) is 0.875. The van der Waals surface area contributed by atoms with Crippen LogP contribution in [0.15, 0.2) is 11.1 Å². The molecule has 94 valence electrons. The van der Waals surface area contributed by atoms with Gasteiger partial charge in [0.05, 0.1) is 0 Å². The number of hydrogen-bond donors (Lipinski definition) is 0. The summed E-state index contributed by atoms with van der Waals surface area (Å²) in [5.74, 6) is 3.57. The highest BCUT2D eigenvalue weighted by molar-refractivity contribution is 5.24. The first-order valence-electron chi connectivity index (χ1n) is 6.81. The molecule has 1 aliphatic carbocycles. The van der Waals surface area contributed by atoms with Gasteiger partial charge in [0.2, 0.25) is 0 Å². The van der Waals surface area contributed by atoms with E-state index in [1.807, 2.05) is 0 Å². The van der Waals surface area contributed by atoms with Crippen LogP contribution in [0.3, 0.4) is 0 Å². The summed E-state index contributed by atoms with van der Waals surface area (Å²) < 4.78 is 0. The average molecular weight is 222 g/mol. The lowest BCUT2D eigenvalue weighted by atomic mass is 9.83. The summed E-state index contributed by atoms with van der Waals surface area (Å²) in [6.07, 6.45) is 1.27. The number of allylic oxidation sites excluding steroid dienone is 2. The van der Waals surface area contributed by atoms with Gasteiger partial charge < -0.3 is 0 Å². The first-order valence-corrected chi connectivity index (χ1v) is 6.81. The minimum Gasteiger partial charge on any atom is -0.0769 e. The molecule has 0 bridgehead atoms. The van der Waals surface area contributed by atoms with E-state index in [9.17, 15) is 0 Å². The summed E-state index contributed by atoms with van der Waals surface area (Å²) in [7, 11) is 0. The standard InChI is InChI=1S/C16H30/c1-10(2)13(9-16(6,7)8)15-12(5)14(15)11(3)4/h11-12,14-15H,9H2,1-8H3. The van der Waals surface area contributed by atoms with E-state index < -0.39 is 0 Å². The second-order valence-electron chi connectivity index (χ2n) is 7.47. The first-order chi connectivity index (χ1) is 7.15. The predicted molar refractivity (Wildman–Crippen MR) is 73.4 cm³/mol. The molecule has 0 heteroatoms. The van der Waals surface area contributed by atoms with Crippen molar-refractivity contribution in [2.45, 2.75) is 61.8 Å². The van der Waals surface area contributed by atoms with Gasteiger partial charge in [-0.15, -0.1) is 0 Å². The molecule has 0 aromatic carbocycles. The Bertz CT molecular complexity index is 271. The van der Waals surface area contributed by atoms with Crippen molar-refractivity contribution >= 4 is 0 Å². The molecule has 1 fully saturated rings. The molecule has 0 aliphatic heterocycles. The van der Waals surface area contributed by atoms with Crippen molar-refractivity contribution in [3.63, 3.8) is 0 Å². The van der Waals surface area contributed by atoms with Crippen LogP contribution in [0, 0.1) is 29.1 Å². The van der Waals surface area contributed by atoms with Crippen molar-refractivity contribution in [1.82, 2.24) is 0 Å². The third kappa shape index (κ3) is 3.12. The van der Waals surface area contributed by atoms with Crippen LogP contribution in [-0.4, -0.2) is 0 Å². The van der Waals surface area contributed by atoms with Crippen LogP contribution < -0.4 is 0 Å². The topological polar surface area (TPSA) is 0 Å². The van der Waals surface area contributed by atoms with Gasteiger partial charge in [-0.25, -0.2) is 0 Å². The fourth-order valence-electron chi connectivity index (χ4n) is 3.26. The molecule has 0 spiro atoms. The fourth-order valence-corrected chi connectivity index (χ4v) is 3.26. The predicted octanol–water partition coefficient (Wildman–Crippen LogP) is 5.30. The number of hydrogen-bond acceptors (Lipinski definition) is 0. The maximum Gasteiger partial charge on any atom is -0.0138 e. The van der Waals surface area contributed by atoms with Gasteiger partial charge >= 0.3 is 0 Å². The Hall–Kier alpha value is -0.260. The smallest absolute Gasteiger partial charge is 0.0138 e. The van der Waals surface area contributed by atoms with Crippen molar-refractivity contribution < 1.29 is 0 Å². The average Bonchev–Trinajstić information content (AvgIpc) is 2.71. The molecule has 1 aliphatic rings. The van der Waals surface area contributed by atoms with E-state index in [-0.39, 0.29) is 0 Å². The largest absolute Gasteiger partial charge is 0.0769 e. The van der Waals surface area contributed by atoms with E-state index in [2.05, 4.69) is 55.4 Å². The molecule has 0 aromatic rings. The summed E-state index contributed by atoms with van der Waals surface area (Å²) in [4.78, 5) is 0. The van der Waals surface area contributed by atoms with Gasteiger partial charge in [0.1, 0.15) is 0 Å². The molecule has 0 radical (unpaired) electrons.